The lowest BCUT2D eigenvalue weighted by Crippen LogP contribution is -2.56. The molecule has 0 radical (unpaired) electrons. The van der Waals surface area contributed by atoms with Crippen molar-refractivity contribution in [2.45, 2.75) is 58.3 Å². The van der Waals surface area contributed by atoms with Gasteiger partial charge in [0.2, 0.25) is 11.4 Å². The lowest BCUT2D eigenvalue weighted by Gasteiger charge is -2.34. The van der Waals surface area contributed by atoms with Gasteiger partial charge in [-0.1, -0.05) is 31.2 Å². The monoisotopic (exact) mass is 433 g/mol. The molecular weight excluding hydrogens is 401 g/mol. The number of amides is 1. The van der Waals surface area contributed by atoms with Crippen molar-refractivity contribution in [3.05, 3.63) is 35.2 Å². The van der Waals surface area contributed by atoms with Gasteiger partial charge in [-0.2, -0.15) is 0 Å². The van der Waals surface area contributed by atoms with Gasteiger partial charge in [-0.15, -0.1) is 0 Å². The molecule has 8 heteroatoms. The number of fused-ring (bicyclic) bond motifs is 1. The number of allylic oxidation sites excluding steroid dienone is 1. The molecule has 0 saturated carbocycles. The number of aromatic nitrogens is 1. The Hall–Kier alpha value is -2.32. The fourth-order valence-corrected chi connectivity index (χ4v) is 4.02. The molecule has 1 atom stereocenters. The molecule has 7 nitrogen and oxygen atoms in total. The first kappa shape index (κ1) is 23.3. The molecule has 1 N–H and O–H groups in total. The molecule has 1 aliphatic carbocycles. The van der Waals surface area contributed by atoms with E-state index in [0.717, 1.165) is 24.1 Å². The van der Waals surface area contributed by atoms with Crippen LogP contribution in [0.3, 0.4) is 0 Å². The number of carbonyl (C=O) groups is 1. The zero-order valence-electron chi connectivity index (χ0n) is 18.7. The Morgan fingerprint density at radius 1 is 1.35 bits per heavy atom. The van der Waals surface area contributed by atoms with E-state index in [9.17, 15) is 9.18 Å². The number of halogens is 1. The van der Waals surface area contributed by atoms with Gasteiger partial charge in [-0.25, -0.2) is 4.39 Å². The largest absolute Gasteiger partial charge is 0.378 e. The van der Waals surface area contributed by atoms with Crippen molar-refractivity contribution < 1.29 is 23.5 Å². The van der Waals surface area contributed by atoms with E-state index in [1.807, 2.05) is 19.9 Å². The van der Waals surface area contributed by atoms with E-state index in [0.29, 0.717) is 5.71 Å². The predicted octanol–water partition coefficient (Wildman–Crippen LogP) is 3.42. The Bertz CT molecular complexity index is 849. The van der Waals surface area contributed by atoms with Gasteiger partial charge in [-0.3, -0.25) is 9.78 Å². The molecule has 1 aliphatic heterocycles. The molecule has 0 fully saturated rings. The Morgan fingerprint density at radius 2 is 2.10 bits per heavy atom. The maximum absolute atomic E-state index is 13.7. The molecule has 1 unspecified atom stereocenters. The third-order valence-corrected chi connectivity index (χ3v) is 5.82. The van der Waals surface area contributed by atoms with Crippen LogP contribution in [0.2, 0.25) is 0 Å². The predicted molar refractivity (Wildman–Crippen MR) is 116 cm³/mol. The average Bonchev–Trinajstić information content (AvgIpc) is 3.24. The molecular formula is C23H32FN3O4. The number of hydrogen-bond acceptors (Lipinski definition) is 6. The molecule has 2 heterocycles. The van der Waals surface area contributed by atoms with Crippen molar-refractivity contribution in [3.63, 3.8) is 0 Å². The van der Waals surface area contributed by atoms with Crippen molar-refractivity contribution in [2.75, 3.05) is 26.4 Å². The summed E-state index contributed by atoms with van der Waals surface area (Å²) in [6, 6.07) is 2.01. The summed E-state index contributed by atoms with van der Waals surface area (Å²) in [5.74, 6) is -2.06. The number of ether oxygens (including phenoxy) is 2. The van der Waals surface area contributed by atoms with Crippen LogP contribution in [0.4, 0.5) is 4.39 Å². The van der Waals surface area contributed by atoms with Crippen LogP contribution in [0.15, 0.2) is 23.5 Å². The first-order chi connectivity index (χ1) is 14.9. The molecule has 170 valence electrons. The van der Waals surface area contributed by atoms with Crippen LogP contribution in [0.1, 0.15) is 57.4 Å². The van der Waals surface area contributed by atoms with Gasteiger partial charge in [0, 0.05) is 37.3 Å². The molecule has 0 spiro atoms. The van der Waals surface area contributed by atoms with E-state index in [-0.39, 0.29) is 38.0 Å². The second kappa shape index (κ2) is 9.87. The third kappa shape index (κ3) is 4.65. The Kier molecular flexibility index (Phi) is 7.43. The number of alkyl halides is 1. The number of nitrogens with one attached hydrogen (secondary N) is 1. The van der Waals surface area contributed by atoms with Gasteiger partial charge >= 0.3 is 0 Å². The van der Waals surface area contributed by atoms with Crippen molar-refractivity contribution in [1.82, 2.24) is 10.3 Å². The first-order valence-electron chi connectivity index (χ1n) is 10.9. The molecule has 3 rings (SSSR count). The summed E-state index contributed by atoms with van der Waals surface area (Å²) in [4.78, 5) is 23.6. The van der Waals surface area contributed by atoms with Gasteiger partial charge < -0.3 is 19.6 Å². The molecule has 0 bridgehead atoms. The lowest BCUT2D eigenvalue weighted by molar-refractivity contribution is -0.237. The highest BCUT2D eigenvalue weighted by atomic mass is 19.1. The van der Waals surface area contributed by atoms with Gasteiger partial charge in [0.1, 0.15) is 12.4 Å². The summed E-state index contributed by atoms with van der Waals surface area (Å²) in [5, 5.41) is 7.05. The summed E-state index contributed by atoms with van der Waals surface area (Å²) in [6.07, 6.45) is 8.16. The van der Waals surface area contributed by atoms with Gasteiger partial charge in [0.05, 0.1) is 12.2 Å². The van der Waals surface area contributed by atoms with Crippen LogP contribution in [-0.4, -0.2) is 54.4 Å². The van der Waals surface area contributed by atoms with Gasteiger partial charge in [0.25, 0.3) is 5.91 Å². The van der Waals surface area contributed by atoms with Crippen molar-refractivity contribution >= 4 is 17.7 Å². The third-order valence-electron chi connectivity index (χ3n) is 5.82. The number of nitrogens with zero attached hydrogens (tertiary/aromatic N) is 2. The number of pyridine rings is 1. The molecule has 0 aromatic carbocycles. The molecule has 1 aromatic rings. The van der Waals surface area contributed by atoms with Crippen molar-refractivity contribution in [1.29, 1.82) is 0 Å². The summed E-state index contributed by atoms with van der Waals surface area (Å²) in [6.45, 7) is 6.83. The maximum Gasteiger partial charge on any atom is 0.267 e. The second-order valence-electron chi connectivity index (χ2n) is 8.12. The Labute approximate surface area is 183 Å². The average molecular weight is 434 g/mol. The van der Waals surface area contributed by atoms with Gasteiger partial charge in [-0.05, 0) is 38.3 Å². The topological polar surface area (TPSA) is 82.0 Å². The Balaban J connectivity index is 1.79. The highest BCUT2D eigenvalue weighted by Crippen LogP contribution is 2.35. The molecule has 1 amide bonds. The summed E-state index contributed by atoms with van der Waals surface area (Å²) >= 11 is 0. The van der Waals surface area contributed by atoms with E-state index < -0.39 is 18.1 Å². The summed E-state index contributed by atoms with van der Waals surface area (Å²) in [7, 11) is 0. The summed E-state index contributed by atoms with van der Waals surface area (Å²) < 4.78 is 24.7. The van der Waals surface area contributed by atoms with E-state index in [1.165, 1.54) is 5.56 Å². The normalized spacial score (nSPS) is 20.4. The zero-order chi connectivity index (χ0) is 22.5. The minimum absolute atomic E-state index is 0.126. The van der Waals surface area contributed by atoms with Crippen LogP contribution < -0.4 is 5.32 Å². The van der Waals surface area contributed by atoms with Crippen LogP contribution in [0.5, 0.6) is 0 Å². The highest BCUT2D eigenvalue weighted by molar-refractivity contribution is 6.06. The fourth-order valence-electron chi connectivity index (χ4n) is 4.02. The maximum atomic E-state index is 13.7. The van der Waals surface area contributed by atoms with E-state index in [2.05, 4.69) is 27.6 Å². The highest BCUT2D eigenvalue weighted by Gasteiger charge is 2.50. The molecule has 1 aromatic heterocycles. The van der Waals surface area contributed by atoms with E-state index >= 15 is 0 Å². The molecule has 0 saturated heterocycles. The minimum atomic E-state index is -1.51. The standard InChI is InChI=1S/C23H32FN3O4/c1-5-29-22(14-24,30-6-2)15-26-21(28)23(16(3)4)13-19(27-31-23)20-18-10-8-7-9-17(18)11-12-25-20/h8,10-12,16H,5-7,9,13-15H2,1-4H3,(H,26,28). The number of hydrogen-bond donors (Lipinski definition) is 1. The smallest absolute Gasteiger partial charge is 0.267 e. The number of carbonyl (C=O) groups excluding carboxylic acids is 1. The van der Waals surface area contributed by atoms with Crippen LogP contribution >= 0.6 is 0 Å². The SMILES string of the molecule is CCOC(CF)(CNC(=O)C1(C(C)C)CC(c2nccc3c2C=CCC3)=NO1)OCC. The van der Waals surface area contributed by atoms with Crippen LogP contribution in [0, 0.1) is 5.92 Å². The van der Waals surface area contributed by atoms with E-state index in [4.69, 9.17) is 14.3 Å². The number of oxime groups is 1. The van der Waals surface area contributed by atoms with Gasteiger partial charge in [0.15, 0.2) is 0 Å². The van der Waals surface area contributed by atoms with E-state index in [1.54, 1.807) is 20.0 Å². The van der Waals surface area contributed by atoms with Crippen molar-refractivity contribution in [3.8, 4) is 0 Å². The Morgan fingerprint density at radius 3 is 2.74 bits per heavy atom. The van der Waals surface area contributed by atoms with Crippen LogP contribution in [-0.2, 0) is 25.5 Å². The lowest BCUT2D eigenvalue weighted by atomic mass is 9.83. The number of aryl methyl sites for hydroxylation is 1. The minimum Gasteiger partial charge on any atom is -0.378 e. The zero-order valence-corrected chi connectivity index (χ0v) is 18.7. The fraction of sp³-hybridized carbons (Fsp3) is 0.609. The van der Waals surface area contributed by atoms with Crippen LogP contribution in [0.25, 0.3) is 6.08 Å². The first-order valence-corrected chi connectivity index (χ1v) is 10.9. The van der Waals surface area contributed by atoms with Crippen molar-refractivity contribution in [2.24, 2.45) is 11.1 Å². The molecule has 31 heavy (non-hydrogen) atoms. The molecule has 2 aliphatic rings. The number of rotatable bonds is 10. The summed E-state index contributed by atoms with van der Waals surface area (Å²) in [5.41, 5.74) is 2.41. The second-order valence-corrected chi connectivity index (χ2v) is 8.12. The quantitative estimate of drug-likeness (QED) is 0.572.